The van der Waals surface area contributed by atoms with E-state index in [2.05, 4.69) is 17.0 Å². The average molecular weight is 389 g/mol. The molecule has 3 aliphatic rings. The highest BCUT2D eigenvalue weighted by Gasteiger charge is 2.32. The van der Waals surface area contributed by atoms with Crippen LogP contribution in [0.5, 0.6) is 5.75 Å². The van der Waals surface area contributed by atoms with E-state index in [0.717, 1.165) is 70.6 Å². The summed E-state index contributed by atoms with van der Waals surface area (Å²) in [5, 5.41) is 0. The number of carbonyl (C=O) groups is 1. The van der Waals surface area contributed by atoms with Crippen LogP contribution < -0.4 is 4.74 Å². The Morgan fingerprint density at radius 1 is 1.00 bits per heavy atom. The molecular weight excluding hydrogens is 356 g/mol. The zero-order valence-corrected chi connectivity index (χ0v) is 16.7. The minimum absolute atomic E-state index is 0.00212. The lowest BCUT2D eigenvalue weighted by Gasteiger charge is -2.38. The second-order valence-corrected chi connectivity index (χ2v) is 8.01. The van der Waals surface area contributed by atoms with Crippen LogP contribution in [0.3, 0.4) is 0 Å². The number of likely N-dealkylation sites (tertiary alicyclic amines) is 1. The molecule has 0 radical (unpaired) electrons. The van der Waals surface area contributed by atoms with Gasteiger partial charge >= 0.3 is 0 Å². The van der Waals surface area contributed by atoms with Crippen molar-refractivity contribution >= 4 is 5.91 Å². The van der Waals surface area contributed by atoms with Gasteiger partial charge < -0.3 is 19.1 Å². The van der Waals surface area contributed by atoms with Gasteiger partial charge in [0.25, 0.3) is 0 Å². The molecule has 0 spiro atoms. The standard InChI is InChI=1S/C22H32N2O4/c25-22(23-11-14-26-15-12-23)21-5-1-2-10-24(21)16-18-6-8-19(9-7-18)28-17-20-4-3-13-27-20/h6-9,20-21H,1-5,10-17H2. The molecule has 1 aromatic carbocycles. The van der Waals surface area contributed by atoms with Crippen molar-refractivity contribution in [2.45, 2.75) is 50.8 Å². The monoisotopic (exact) mass is 388 g/mol. The summed E-state index contributed by atoms with van der Waals surface area (Å²) in [7, 11) is 0. The first-order valence-corrected chi connectivity index (χ1v) is 10.7. The fraction of sp³-hybridized carbons (Fsp3) is 0.682. The Kier molecular flexibility index (Phi) is 6.83. The van der Waals surface area contributed by atoms with E-state index in [4.69, 9.17) is 14.2 Å². The molecule has 2 unspecified atom stereocenters. The van der Waals surface area contributed by atoms with Crippen molar-refractivity contribution < 1.29 is 19.0 Å². The predicted octanol–water partition coefficient (Wildman–Crippen LogP) is 2.46. The molecule has 154 valence electrons. The number of hydrogen-bond donors (Lipinski definition) is 0. The highest BCUT2D eigenvalue weighted by atomic mass is 16.5. The van der Waals surface area contributed by atoms with E-state index >= 15 is 0 Å². The van der Waals surface area contributed by atoms with E-state index in [1.807, 2.05) is 17.0 Å². The Labute approximate surface area is 167 Å². The van der Waals surface area contributed by atoms with Gasteiger partial charge in [0.15, 0.2) is 0 Å². The Bertz CT molecular complexity index is 624. The summed E-state index contributed by atoms with van der Waals surface area (Å²) in [4.78, 5) is 17.3. The third-order valence-electron chi connectivity index (χ3n) is 5.99. The highest BCUT2D eigenvalue weighted by molar-refractivity contribution is 5.82. The van der Waals surface area contributed by atoms with Gasteiger partial charge in [0.2, 0.25) is 5.91 Å². The van der Waals surface area contributed by atoms with Crippen LogP contribution in [0.2, 0.25) is 0 Å². The van der Waals surface area contributed by atoms with E-state index < -0.39 is 0 Å². The largest absolute Gasteiger partial charge is 0.491 e. The fourth-order valence-corrected chi connectivity index (χ4v) is 4.34. The molecule has 0 aliphatic carbocycles. The Morgan fingerprint density at radius 2 is 1.82 bits per heavy atom. The second-order valence-electron chi connectivity index (χ2n) is 8.01. The van der Waals surface area contributed by atoms with Gasteiger partial charge in [-0.25, -0.2) is 0 Å². The zero-order valence-electron chi connectivity index (χ0n) is 16.7. The third-order valence-corrected chi connectivity index (χ3v) is 5.99. The Morgan fingerprint density at radius 3 is 2.57 bits per heavy atom. The van der Waals surface area contributed by atoms with Gasteiger partial charge in [0, 0.05) is 26.2 Å². The van der Waals surface area contributed by atoms with Crippen molar-refractivity contribution in [3.63, 3.8) is 0 Å². The zero-order chi connectivity index (χ0) is 19.2. The molecular formula is C22H32N2O4. The van der Waals surface area contributed by atoms with Crippen LogP contribution in [0, 0.1) is 0 Å². The van der Waals surface area contributed by atoms with Crippen molar-refractivity contribution in [1.29, 1.82) is 0 Å². The first-order chi connectivity index (χ1) is 13.8. The van der Waals surface area contributed by atoms with Gasteiger partial charge in [-0.1, -0.05) is 18.6 Å². The maximum Gasteiger partial charge on any atom is 0.240 e. The molecule has 3 heterocycles. The van der Waals surface area contributed by atoms with E-state index in [1.165, 1.54) is 5.56 Å². The van der Waals surface area contributed by atoms with Gasteiger partial charge in [0.1, 0.15) is 12.4 Å². The van der Waals surface area contributed by atoms with Gasteiger partial charge in [-0.2, -0.15) is 0 Å². The number of benzene rings is 1. The van der Waals surface area contributed by atoms with E-state index in [0.29, 0.717) is 19.8 Å². The maximum absolute atomic E-state index is 13.0. The molecule has 1 amide bonds. The molecule has 2 atom stereocenters. The first kappa shape index (κ1) is 19.7. The van der Waals surface area contributed by atoms with E-state index in [-0.39, 0.29) is 18.1 Å². The molecule has 3 saturated heterocycles. The van der Waals surface area contributed by atoms with Crippen LogP contribution in [0.1, 0.15) is 37.7 Å². The van der Waals surface area contributed by atoms with Crippen LogP contribution in [-0.4, -0.2) is 73.9 Å². The van der Waals surface area contributed by atoms with Crippen molar-refractivity contribution in [3.05, 3.63) is 29.8 Å². The smallest absolute Gasteiger partial charge is 0.240 e. The van der Waals surface area contributed by atoms with Crippen LogP contribution >= 0.6 is 0 Å². The average Bonchev–Trinajstić information content (AvgIpc) is 3.27. The number of morpholine rings is 1. The summed E-state index contributed by atoms with van der Waals surface area (Å²) in [5.41, 5.74) is 1.23. The number of hydrogen-bond acceptors (Lipinski definition) is 5. The molecule has 4 rings (SSSR count). The maximum atomic E-state index is 13.0. The number of nitrogens with zero attached hydrogens (tertiary/aromatic N) is 2. The van der Waals surface area contributed by atoms with E-state index in [1.54, 1.807) is 0 Å². The molecule has 0 N–H and O–H groups in total. The Balaban J connectivity index is 1.32. The quantitative estimate of drug-likeness (QED) is 0.749. The highest BCUT2D eigenvalue weighted by Crippen LogP contribution is 2.23. The van der Waals surface area contributed by atoms with Gasteiger partial charge in [-0.05, 0) is 49.9 Å². The van der Waals surface area contributed by atoms with Gasteiger partial charge in [-0.15, -0.1) is 0 Å². The molecule has 0 aromatic heterocycles. The van der Waals surface area contributed by atoms with Crippen LogP contribution in [0.25, 0.3) is 0 Å². The van der Waals surface area contributed by atoms with Gasteiger partial charge in [0.05, 0.1) is 25.4 Å². The SMILES string of the molecule is O=C(C1CCCCN1Cc1ccc(OCC2CCCO2)cc1)N1CCOCC1. The summed E-state index contributed by atoms with van der Waals surface area (Å²) in [6, 6.07) is 8.31. The number of carbonyl (C=O) groups excluding carboxylic acids is 1. The van der Waals surface area contributed by atoms with Crippen molar-refractivity contribution in [2.75, 3.05) is 46.1 Å². The predicted molar refractivity (Wildman–Crippen MR) is 106 cm³/mol. The number of piperidine rings is 1. The summed E-state index contributed by atoms with van der Waals surface area (Å²) in [5.74, 6) is 1.17. The lowest BCUT2D eigenvalue weighted by atomic mass is 9.99. The lowest BCUT2D eigenvalue weighted by molar-refractivity contribution is -0.142. The Hall–Kier alpha value is -1.63. The summed E-state index contributed by atoms with van der Waals surface area (Å²) < 4.78 is 16.9. The summed E-state index contributed by atoms with van der Waals surface area (Å²) in [6.07, 6.45) is 5.71. The van der Waals surface area contributed by atoms with Crippen LogP contribution in [0.15, 0.2) is 24.3 Å². The minimum Gasteiger partial charge on any atom is -0.491 e. The van der Waals surface area contributed by atoms with Crippen LogP contribution in [-0.2, 0) is 20.8 Å². The van der Waals surface area contributed by atoms with Crippen molar-refractivity contribution in [3.8, 4) is 5.75 Å². The molecule has 6 heteroatoms. The molecule has 0 bridgehead atoms. The number of amides is 1. The third kappa shape index (κ3) is 5.04. The molecule has 3 aliphatic heterocycles. The van der Waals surface area contributed by atoms with Crippen molar-refractivity contribution in [2.24, 2.45) is 0 Å². The number of ether oxygens (including phenoxy) is 3. The fourth-order valence-electron chi connectivity index (χ4n) is 4.34. The molecule has 6 nitrogen and oxygen atoms in total. The number of rotatable bonds is 6. The molecule has 28 heavy (non-hydrogen) atoms. The molecule has 1 aromatic rings. The first-order valence-electron chi connectivity index (χ1n) is 10.7. The topological polar surface area (TPSA) is 51.2 Å². The van der Waals surface area contributed by atoms with E-state index in [9.17, 15) is 4.79 Å². The van der Waals surface area contributed by atoms with Gasteiger partial charge in [-0.3, -0.25) is 9.69 Å². The normalized spacial score (nSPS) is 26.4. The minimum atomic E-state index is 0.00212. The molecule has 3 fully saturated rings. The second kappa shape index (κ2) is 9.72. The summed E-state index contributed by atoms with van der Waals surface area (Å²) >= 11 is 0. The molecule has 0 saturated carbocycles. The lowest BCUT2D eigenvalue weighted by Crippen LogP contribution is -2.53. The van der Waals surface area contributed by atoms with Crippen molar-refractivity contribution in [1.82, 2.24) is 9.80 Å². The summed E-state index contributed by atoms with van der Waals surface area (Å²) in [6.45, 7) is 6.04. The van der Waals surface area contributed by atoms with Crippen LogP contribution in [0.4, 0.5) is 0 Å².